The fraction of sp³-hybridized carbons (Fsp3) is 0.562. The van der Waals surface area contributed by atoms with Crippen molar-refractivity contribution in [3.8, 4) is 5.75 Å². The van der Waals surface area contributed by atoms with Gasteiger partial charge in [0.25, 0.3) is 0 Å². The third-order valence-corrected chi connectivity index (χ3v) is 3.30. The molecule has 0 spiro atoms. The average Bonchev–Trinajstić information content (AvgIpc) is 2.44. The van der Waals surface area contributed by atoms with E-state index in [1.807, 2.05) is 52.1 Å². The first kappa shape index (κ1) is 16.5. The summed E-state index contributed by atoms with van der Waals surface area (Å²) in [4.78, 5) is 13.7. The summed E-state index contributed by atoms with van der Waals surface area (Å²) in [5.41, 5.74) is 1.10. The number of carbonyl (C=O) groups is 1. The summed E-state index contributed by atoms with van der Waals surface area (Å²) in [7, 11) is 3.47. The third kappa shape index (κ3) is 4.85. The van der Waals surface area contributed by atoms with E-state index in [1.54, 1.807) is 12.0 Å². The number of amides is 1. The molecule has 0 aliphatic rings. The highest BCUT2D eigenvalue weighted by molar-refractivity contribution is 5.77. The molecular weight excluding hydrogens is 254 g/mol. The van der Waals surface area contributed by atoms with Crippen molar-refractivity contribution < 1.29 is 14.3 Å². The molecule has 1 aromatic rings. The molecule has 1 aromatic carbocycles. The van der Waals surface area contributed by atoms with Crippen LogP contribution in [-0.4, -0.2) is 43.7 Å². The minimum absolute atomic E-state index is 0.00102. The van der Waals surface area contributed by atoms with E-state index in [1.165, 1.54) is 0 Å². The number of para-hydroxylation sites is 1. The number of methoxy groups -OCH3 is 1. The normalized spacial score (nSPS) is 12.3. The van der Waals surface area contributed by atoms with Gasteiger partial charge in [-0.05, 0) is 38.8 Å². The highest BCUT2D eigenvalue weighted by Gasteiger charge is 2.17. The van der Waals surface area contributed by atoms with Crippen LogP contribution in [0.3, 0.4) is 0 Å². The maximum Gasteiger partial charge on any atom is 0.248 e. The van der Waals surface area contributed by atoms with Crippen LogP contribution in [0, 0.1) is 0 Å². The largest absolute Gasteiger partial charge is 0.496 e. The Bertz CT molecular complexity index is 431. The van der Waals surface area contributed by atoms with Gasteiger partial charge < -0.3 is 14.4 Å². The molecule has 0 saturated heterocycles. The van der Waals surface area contributed by atoms with Crippen LogP contribution in [0.4, 0.5) is 0 Å². The van der Waals surface area contributed by atoms with Gasteiger partial charge in [-0.1, -0.05) is 18.2 Å². The van der Waals surface area contributed by atoms with Gasteiger partial charge in [0.15, 0.2) is 0 Å². The Morgan fingerprint density at radius 2 is 1.90 bits per heavy atom. The molecule has 112 valence electrons. The first-order valence-electron chi connectivity index (χ1n) is 6.94. The molecule has 4 heteroatoms. The van der Waals surface area contributed by atoms with Crippen LogP contribution in [0.2, 0.25) is 0 Å². The van der Waals surface area contributed by atoms with Gasteiger partial charge in [-0.3, -0.25) is 4.79 Å². The van der Waals surface area contributed by atoms with Crippen LogP contribution in [0.5, 0.6) is 5.75 Å². The van der Waals surface area contributed by atoms with Crippen molar-refractivity contribution >= 4 is 5.91 Å². The van der Waals surface area contributed by atoms with E-state index < -0.39 is 0 Å². The Hall–Kier alpha value is -1.55. The van der Waals surface area contributed by atoms with Crippen LogP contribution in [-0.2, 0) is 16.0 Å². The number of carbonyl (C=O) groups excluding carboxylic acids is 1. The number of hydrogen-bond donors (Lipinski definition) is 0. The number of hydrogen-bond acceptors (Lipinski definition) is 3. The molecule has 0 fully saturated rings. The molecule has 1 amide bonds. The quantitative estimate of drug-likeness (QED) is 0.770. The predicted octanol–water partition coefficient (Wildman–Crippen LogP) is 2.51. The first-order chi connectivity index (χ1) is 9.45. The third-order valence-electron chi connectivity index (χ3n) is 3.30. The highest BCUT2D eigenvalue weighted by Crippen LogP contribution is 2.20. The summed E-state index contributed by atoms with van der Waals surface area (Å²) in [6.45, 7) is 6.00. The number of benzene rings is 1. The lowest BCUT2D eigenvalue weighted by Gasteiger charge is -2.26. The Morgan fingerprint density at radius 3 is 2.50 bits per heavy atom. The zero-order chi connectivity index (χ0) is 15.1. The van der Waals surface area contributed by atoms with Crippen LogP contribution in [0.15, 0.2) is 24.3 Å². The molecule has 1 atom stereocenters. The van der Waals surface area contributed by atoms with Crippen molar-refractivity contribution in [3.05, 3.63) is 29.8 Å². The SMILES string of the molecule is COc1ccccc1CC(C)N(C)C(=O)COC(C)C. The van der Waals surface area contributed by atoms with Gasteiger partial charge in [0.05, 0.1) is 13.2 Å². The fourth-order valence-corrected chi connectivity index (χ4v) is 1.91. The summed E-state index contributed by atoms with van der Waals surface area (Å²) >= 11 is 0. The number of ether oxygens (including phenoxy) is 2. The standard InChI is InChI=1S/C16H25NO3/c1-12(2)20-11-16(18)17(4)13(3)10-14-8-6-7-9-15(14)19-5/h6-9,12-13H,10-11H2,1-5H3. The van der Waals surface area contributed by atoms with E-state index in [4.69, 9.17) is 9.47 Å². The number of nitrogens with zero attached hydrogens (tertiary/aromatic N) is 1. The van der Waals surface area contributed by atoms with Gasteiger partial charge in [0.1, 0.15) is 12.4 Å². The molecule has 1 unspecified atom stereocenters. The minimum atomic E-state index is 0.00102. The van der Waals surface area contributed by atoms with Gasteiger partial charge in [-0.2, -0.15) is 0 Å². The molecule has 0 radical (unpaired) electrons. The number of rotatable bonds is 7. The first-order valence-corrected chi connectivity index (χ1v) is 6.94. The van der Waals surface area contributed by atoms with E-state index in [0.29, 0.717) is 0 Å². The minimum Gasteiger partial charge on any atom is -0.496 e. The van der Waals surface area contributed by atoms with Crippen molar-refractivity contribution in [1.82, 2.24) is 4.90 Å². The number of likely N-dealkylation sites (N-methyl/N-ethyl adjacent to an activating group) is 1. The molecule has 0 heterocycles. The van der Waals surface area contributed by atoms with Crippen molar-refractivity contribution in [2.75, 3.05) is 20.8 Å². The summed E-state index contributed by atoms with van der Waals surface area (Å²) in [5, 5.41) is 0. The van der Waals surface area contributed by atoms with Crippen LogP contribution >= 0.6 is 0 Å². The average molecular weight is 279 g/mol. The molecule has 4 nitrogen and oxygen atoms in total. The molecule has 0 bridgehead atoms. The van der Waals surface area contributed by atoms with Gasteiger partial charge in [-0.15, -0.1) is 0 Å². The van der Waals surface area contributed by atoms with Gasteiger partial charge in [0, 0.05) is 13.1 Å². The van der Waals surface area contributed by atoms with Crippen molar-refractivity contribution in [1.29, 1.82) is 0 Å². The van der Waals surface area contributed by atoms with Crippen LogP contribution in [0.25, 0.3) is 0 Å². The second kappa shape index (κ2) is 7.90. The maximum atomic E-state index is 12.0. The summed E-state index contributed by atoms with van der Waals surface area (Å²) in [6.07, 6.45) is 0.824. The van der Waals surface area contributed by atoms with E-state index >= 15 is 0 Å². The molecule has 0 saturated carbocycles. The van der Waals surface area contributed by atoms with Crippen molar-refractivity contribution in [2.45, 2.75) is 39.3 Å². The summed E-state index contributed by atoms with van der Waals surface area (Å²) in [6, 6.07) is 7.98. The Balaban J connectivity index is 2.61. The zero-order valence-corrected chi connectivity index (χ0v) is 13.1. The smallest absolute Gasteiger partial charge is 0.248 e. The molecule has 0 N–H and O–H groups in total. The van der Waals surface area contributed by atoms with Crippen LogP contribution < -0.4 is 4.74 Å². The second-order valence-corrected chi connectivity index (χ2v) is 5.23. The van der Waals surface area contributed by atoms with Gasteiger partial charge >= 0.3 is 0 Å². The lowest BCUT2D eigenvalue weighted by Crippen LogP contribution is -2.39. The van der Waals surface area contributed by atoms with Crippen LogP contribution in [0.1, 0.15) is 26.3 Å². The molecule has 1 rings (SSSR count). The maximum absolute atomic E-state index is 12.0. The summed E-state index contributed by atoms with van der Waals surface area (Å²) < 4.78 is 10.7. The summed E-state index contributed by atoms with van der Waals surface area (Å²) in [5.74, 6) is 0.861. The molecular formula is C16H25NO3. The van der Waals surface area contributed by atoms with E-state index in [0.717, 1.165) is 17.7 Å². The van der Waals surface area contributed by atoms with Crippen molar-refractivity contribution in [2.24, 2.45) is 0 Å². The fourth-order valence-electron chi connectivity index (χ4n) is 1.91. The van der Waals surface area contributed by atoms with E-state index in [-0.39, 0.29) is 24.7 Å². The molecule has 0 aliphatic carbocycles. The predicted molar refractivity (Wildman–Crippen MR) is 80.0 cm³/mol. The van der Waals surface area contributed by atoms with Gasteiger partial charge in [0.2, 0.25) is 5.91 Å². The van der Waals surface area contributed by atoms with E-state index in [9.17, 15) is 4.79 Å². The van der Waals surface area contributed by atoms with E-state index in [2.05, 4.69) is 0 Å². The second-order valence-electron chi connectivity index (χ2n) is 5.23. The Labute approximate surface area is 121 Å². The lowest BCUT2D eigenvalue weighted by molar-refractivity contribution is -0.138. The Morgan fingerprint density at radius 1 is 1.25 bits per heavy atom. The monoisotopic (exact) mass is 279 g/mol. The molecule has 0 aliphatic heterocycles. The topological polar surface area (TPSA) is 38.8 Å². The highest BCUT2D eigenvalue weighted by atomic mass is 16.5. The van der Waals surface area contributed by atoms with Crippen molar-refractivity contribution in [3.63, 3.8) is 0 Å². The zero-order valence-electron chi connectivity index (χ0n) is 13.1. The molecule has 0 aromatic heterocycles. The Kier molecular flexibility index (Phi) is 6.52. The lowest BCUT2D eigenvalue weighted by atomic mass is 10.1. The van der Waals surface area contributed by atoms with Gasteiger partial charge in [-0.25, -0.2) is 0 Å². The molecule has 20 heavy (non-hydrogen) atoms.